The van der Waals surface area contributed by atoms with Gasteiger partial charge in [-0.3, -0.25) is 9.69 Å². The molecule has 4 nitrogen and oxygen atoms in total. The van der Waals surface area contributed by atoms with Crippen LogP contribution in [0.3, 0.4) is 0 Å². The molecule has 1 saturated heterocycles. The van der Waals surface area contributed by atoms with Gasteiger partial charge in [-0.15, -0.1) is 24.8 Å². The molecule has 1 heterocycles. The van der Waals surface area contributed by atoms with Crippen LogP contribution in [0.5, 0.6) is 0 Å². The van der Waals surface area contributed by atoms with E-state index in [4.69, 9.17) is 5.73 Å². The molecule has 0 aromatic rings. The Hall–Kier alpha value is -0.0300. The Kier molecular flexibility index (Phi) is 9.81. The molecule has 0 aromatic heterocycles. The average Bonchev–Trinajstić information content (AvgIpc) is 2.90. The van der Waals surface area contributed by atoms with Crippen molar-refractivity contribution in [2.24, 2.45) is 5.73 Å². The van der Waals surface area contributed by atoms with E-state index in [2.05, 4.69) is 4.90 Å². The number of piperazine rings is 1. The number of hydrogen-bond donors (Lipinski definition) is 1. The first-order valence-corrected chi connectivity index (χ1v) is 7.44. The molecule has 2 N–H and O–H groups in total. The number of carbonyl (C=O) groups is 1. The van der Waals surface area contributed by atoms with Gasteiger partial charge in [0.25, 0.3) is 0 Å². The van der Waals surface area contributed by atoms with E-state index >= 15 is 0 Å². The quantitative estimate of drug-likeness (QED) is 0.860. The summed E-state index contributed by atoms with van der Waals surface area (Å²) in [6, 6.07) is 0.931. The maximum atomic E-state index is 12.0. The van der Waals surface area contributed by atoms with Crippen molar-refractivity contribution in [1.82, 2.24) is 9.80 Å². The standard InChI is InChI=1S/C14H27N3O.2ClH/c1-12(15)6-7-14(18)17-10-8-16(9-11-17)13-4-2-3-5-13;;/h12-13H,2-11,15H2,1H3;2*1H. The third kappa shape index (κ3) is 5.76. The summed E-state index contributed by atoms with van der Waals surface area (Å²) < 4.78 is 0. The zero-order valence-corrected chi connectivity index (χ0v) is 14.1. The number of nitrogens with two attached hydrogens (primary N) is 1. The van der Waals surface area contributed by atoms with Crippen molar-refractivity contribution in [2.75, 3.05) is 26.2 Å². The second kappa shape index (κ2) is 9.82. The van der Waals surface area contributed by atoms with E-state index < -0.39 is 0 Å². The van der Waals surface area contributed by atoms with E-state index in [1.54, 1.807) is 0 Å². The summed E-state index contributed by atoms with van der Waals surface area (Å²) in [6.45, 7) is 5.91. The van der Waals surface area contributed by atoms with Gasteiger partial charge in [0.1, 0.15) is 0 Å². The molecule has 0 spiro atoms. The summed E-state index contributed by atoms with van der Waals surface area (Å²) in [5, 5.41) is 0. The van der Waals surface area contributed by atoms with Crippen LogP contribution >= 0.6 is 24.8 Å². The predicted octanol–water partition coefficient (Wildman–Crippen LogP) is 2.04. The maximum absolute atomic E-state index is 12.0. The monoisotopic (exact) mass is 325 g/mol. The Bertz CT molecular complexity index is 276. The molecule has 1 atom stereocenters. The number of rotatable bonds is 4. The summed E-state index contributed by atoms with van der Waals surface area (Å²) in [6.07, 6.45) is 6.91. The summed E-state index contributed by atoms with van der Waals surface area (Å²) in [5.74, 6) is 0.290. The topological polar surface area (TPSA) is 49.6 Å². The molecule has 20 heavy (non-hydrogen) atoms. The minimum atomic E-state index is 0. The second-order valence-electron chi connectivity index (χ2n) is 5.87. The Morgan fingerprint density at radius 1 is 1.15 bits per heavy atom. The molecular weight excluding hydrogens is 297 g/mol. The van der Waals surface area contributed by atoms with Crippen LogP contribution in [0.15, 0.2) is 0 Å². The lowest BCUT2D eigenvalue weighted by atomic mass is 10.1. The summed E-state index contributed by atoms with van der Waals surface area (Å²) in [4.78, 5) is 16.6. The van der Waals surface area contributed by atoms with Crippen molar-refractivity contribution >= 4 is 30.7 Å². The highest BCUT2D eigenvalue weighted by molar-refractivity contribution is 5.85. The zero-order valence-electron chi connectivity index (χ0n) is 12.4. The normalized spacial score (nSPS) is 22.0. The van der Waals surface area contributed by atoms with Crippen LogP contribution in [0, 0.1) is 0 Å². The van der Waals surface area contributed by atoms with Crippen molar-refractivity contribution in [3.8, 4) is 0 Å². The number of amides is 1. The smallest absolute Gasteiger partial charge is 0.222 e. The van der Waals surface area contributed by atoms with Crippen LogP contribution in [0.1, 0.15) is 45.4 Å². The van der Waals surface area contributed by atoms with Crippen LogP contribution < -0.4 is 5.73 Å². The first-order valence-electron chi connectivity index (χ1n) is 7.44. The Labute approximate surface area is 135 Å². The third-order valence-electron chi connectivity index (χ3n) is 4.32. The van der Waals surface area contributed by atoms with Crippen LogP contribution in [0.25, 0.3) is 0 Å². The van der Waals surface area contributed by atoms with E-state index in [1.807, 2.05) is 11.8 Å². The van der Waals surface area contributed by atoms with E-state index in [0.717, 1.165) is 38.6 Å². The summed E-state index contributed by atoms with van der Waals surface area (Å²) >= 11 is 0. The molecule has 2 fully saturated rings. The van der Waals surface area contributed by atoms with Gasteiger partial charge in [0, 0.05) is 44.7 Å². The molecule has 6 heteroatoms. The Morgan fingerprint density at radius 2 is 1.70 bits per heavy atom. The zero-order chi connectivity index (χ0) is 13.0. The molecule has 0 aromatic carbocycles. The predicted molar refractivity (Wildman–Crippen MR) is 87.8 cm³/mol. The highest BCUT2D eigenvalue weighted by Crippen LogP contribution is 2.24. The van der Waals surface area contributed by atoms with Gasteiger partial charge in [0.05, 0.1) is 0 Å². The molecule has 1 unspecified atom stereocenters. The van der Waals surface area contributed by atoms with Crippen molar-refractivity contribution in [3.63, 3.8) is 0 Å². The highest BCUT2D eigenvalue weighted by atomic mass is 35.5. The van der Waals surface area contributed by atoms with Crippen LogP contribution in [-0.4, -0.2) is 54.0 Å². The van der Waals surface area contributed by atoms with Crippen LogP contribution in [-0.2, 0) is 4.79 Å². The molecule has 2 aliphatic rings. The summed E-state index contributed by atoms with van der Waals surface area (Å²) in [7, 11) is 0. The number of hydrogen-bond acceptors (Lipinski definition) is 3. The molecule has 1 saturated carbocycles. The molecule has 0 radical (unpaired) electrons. The third-order valence-corrected chi connectivity index (χ3v) is 4.32. The van der Waals surface area contributed by atoms with Gasteiger partial charge >= 0.3 is 0 Å². The van der Waals surface area contributed by atoms with E-state index in [1.165, 1.54) is 25.7 Å². The van der Waals surface area contributed by atoms with Gasteiger partial charge in [-0.05, 0) is 26.2 Å². The lowest BCUT2D eigenvalue weighted by molar-refractivity contribution is -0.133. The fourth-order valence-corrected chi connectivity index (χ4v) is 3.12. The average molecular weight is 326 g/mol. The Balaban J connectivity index is 0.00000180. The highest BCUT2D eigenvalue weighted by Gasteiger charge is 2.27. The van der Waals surface area contributed by atoms with Crippen molar-refractivity contribution in [3.05, 3.63) is 0 Å². The van der Waals surface area contributed by atoms with Crippen LogP contribution in [0.4, 0.5) is 0 Å². The second-order valence-corrected chi connectivity index (χ2v) is 5.87. The van der Waals surface area contributed by atoms with Gasteiger partial charge in [-0.2, -0.15) is 0 Å². The van der Waals surface area contributed by atoms with Crippen molar-refractivity contribution in [2.45, 2.75) is 57.5 Å². The maximum Gasteiger partial charge on any atom is 0.222 e. The molecule has 2 rings (SSSR count). The molecule has 1 amide bonds. The van der Waals surface area contributed by atoms with Gasteiger partial charge in [0.2, 0.25) is 5.91 Å². The van der Waals surface area contributed by atoms with Crippen molar-refractivity contribution in [1.29, 1.82) is 0 Å². The Morgan fingerprint density at radius 3 is 2.20 bits per heavy atom. The van der Waals surface area contributed by atoms with Gasteiger partial charge in [0.15, 0.2) is 0 Å². The SMILES string of the molecule is CC(N)CCC(=O)N1CCN(C2CCCC2)CC1.Cl.Cl. The first-order chi connectivity index (χ1) is 8.66. The molecule has 120 valence electrons. The van der Waals surface area contributed by atoms with Gasteiger partial charge in [-0.25, -0.2) is 0 Å². The molecule has 1 aliphatic heterocycles. The van der Waals surface area contributed by atoms with Crippen LogP contribution in [0.2, 0.25) is 0 Å². The lowest BCUT2D eigenvalue weighted by Crippen LogP contribution is -2.51. The minimum Gasteiger partial charge on any atom is -0.340 e. The fraction of sp³-hybridized carbons (Fsp3) is 0.929. The van der Waals surface area contributed by atoms with Gasteiger partial charge in [-0.1, -0.05) is 12.8 Å². The largest absolute Gasteiger partial charge is 0.340 e. The minimum absolute atomic E-state index is 0. The number of carbonyl (C=O) groups excluding carboxylic acids is 1. The number of nitrogens with zero attached hydrogens (tertiary/aromatic N) is 2. The van der Waals surface area contributed by atoms with E-state index in [0.29, 0.717) is 12.3 Å². The van der Waals surface area contributed by atoms with E-state index in [9.17, 15) is 4.79 Å². The lowest BCUT2D eigenvalue weighted by Gasteiger charge is -2.38. The molecule has 0 bridgehead atoms. The first kappa shape index (κ1) is 20.0. The molecule has 1 aliphatic carbocycles. The van der Waals surface area contributed by atoms with Gasteiger partial charge < -0.3 is 10.6 Å². The molecular formula is C14H29Cl2N3O. The van der Waals surface area contributed by atoms with E-state index in [-0.39, 0.29) is 30.9 Å². The summed E-state index contributed by atoms with van der Waals surface area (Å²) in [5.41, 5.74) is 5.70. The fourth-order valence-electron chi connectivity index (χ4n) is 3.12. The number of halogens is 2. The van der Waals surface area contributed by atoms with Crippen molar-refractivity contribution < 1.29 is 4.79 Å².